The van der Waals surface area contributed by atoms with Crippen LogP contribution in [0.3, 0.4) is 0 Å². The molecule has 1 aliphatic heterocycles. The van der Waals surface area contributed by atoms with E-state index in [1.807, 2.05) is 0 Å². The summed E-state index contributed by atoms with van der Waals surface area (Å²) >= 11 is 0. The smallest absolute Gasteiger partial charge is 0.327 e. The Bertz CT molecular complexity index is 201. The average molecular weight is 183 g/mol. The van der Waals surface area contributed by atoms with Gasteiger partial charge in [-0.1, -0.05) is 6.08 Å². The zero-order valence-corrected chi connectivity index (χ0v) is 8.07. The molecule has 1 aliphatic rings. The quantitative estimate of drug-likeness (QED) is 0.671. The van der Waals surface area contributed by atoms with Gasteiger partial charge in [-0.15, -0.1) is 0 Å². The van der Waals surface area contributed by atoms with Crippen molar-refractivity contribution in [2.45, 2.75) is 31.7 Å². The van der Waals surface area contributed by atoms with Gasteiger partial charge in [0, 0.05) is 12.1 Å². The summed E-state index contributed by atoms with van der Waals surface area (Å²) in [7, 11) is 2.14. The van der Waals surface area contributed by atoms with E-state index in [4.69, 9.17) is 5.11 Å². The van der Waals surface area contributed by atoms with Gasteiger partial charge < -0.3 is 10.0 Å². The molecular formula is C10H17NO2. The number of aliphatic carboxylic acids is 1. The maximum atomic E-state index is 10.2. The van der Waals surface area contributed by atoms with Crippen molar-refractivity contribution in [3.05, 3.63) is 12.2 Å². The Balaban J connectivity index is 2.15. The summed E-state index contributed by atoms with van der Waals surface area (Å²) in [4.78, 5) is 12.5. The van der Waals surface area contributed by atoms with Gasteiger partial charge in [0.05, 0.1) is 0 Å². The summed E-state index contributed by atoms with van der Waals surface area (Å²) in [6.45, 7) is 1.19. The SMILES string of the molecule is CN1CCCC1CC/C=C/C(=O)O. The zero-order valence-electron chi connectivity index (χ0n) is 8.07. The van der Waals surface area contributed by atoms with E-state index in [2.05, 4.69) is 11.9 Å². The van der Waals surface area contributed by atoms with Gasteiger partial charge in [0.1, 0.15) is 0 Å². The van der Waals surface area contributed by atoms with E-state index in [1.165, 1.54) is 25.5 Å². The molecule has 1 unspecified atom stereocenters. The highest BCUT2D eigenvalue weighted by Gasteiger charge is 2.19. The Morgan fingerprint density at radius 1 is 1.69 bits per heavy atom. The molecule has 0 spiro atoms. The topological polar surface area (TPSA) is 40.5 Å². The number of carboxylic acid groups (broad SMARTS) is 1. The lowest BCUT2D eigenvalue weighted by Crippen LogP contribution is -2.24. The number of carboxylic acids is 1. The van der Waals surface area contributed by atoms with Crippen molar-refractivity contribution in [1.82, 2.24) is 4.90 Å². The highest BCUT2D eigenvalue weighted by Crippen LogP contribution is 2.18. The molecule has 1 saturated heterocycles. The predicted octanol–water partition coefficient (Wildman–Crippen LogP) is 1.50. The largest absolute Gasteiger partial charge is 0.478 e. The molecule has 0 aliphatic carbocycles. The van der Waals surface area contributed by atoms with Crippen molar-refractivity contribution in [3.8, 4) is 0 Å². The van der Waals surface area contributed by atoms with Crippen LogP contribution in [0.1, 0.15) is 25.7 Å². The molecule has 1 atom stereocenters. The number of hydrogen-bond acceptors (Lipinski definition) is 2. The number of allylic oxidation sites excluding steroid dienone is 1. The molecule has 0 aromatic heterocycles. The van der Waals surface area contributed by atoms with Crippen molar-refractivity contribution < 1.29 is 9.90 Å². The minimum absolute atomic E-state index is 0.665. The molecule has 1 N–H and O–H groups in total. The molecule has 0 aromatic carbocycles. The van der Waals surface area contributed by atoms with Gasteiger partial charge in [-0.3, -0.25) is 0 Å². The van der Waals surface area contributed by atoms with Crippen LogP contribution in [0.25, 0.3) is 0 Å². The molecule has 1 heterocycles. The first-order valence-electron chi connectivity index (χ1n) is 4.80. The van der Waals surface area contributed by atoms with Crippen molar-refractivity contribution in [2.24, 2.45) is 0 Å². The Labute approximate surface area is 79.0 Å². The van der Waals surface area contributed by atoms with Crippen LogP contribution in [0, 0.1) is 0 Å². The van der Waals surface area contributed by atoms with E-state index >= 15 is 0 Å². The van der Waals surface area contributed by atoms with E-state index in [0.717, 1.165) is 12.8 Å². The van der Waals surface area contributed by atoms with Gasteiger partial charge in [0.25, 0.3) is 0 Å². The van der Waals surface area contributed by atoms with Crippen LogP contribution in [0.2, 0.25) is 0 Å². The molecular weight excluding hydrogens is 166 g/mol. The molecule has 1 fully saturated rings. The second-order valence-electron chi connectivity index (χ2n) is 3.59. The third-order valence-corrected chi connectivity index (χ3v) is 2.60. The second kappa shape index (κ2) is 5.02. The Hall–Kier alpha value is -0.830. The van der Waals surface area contributed by atoms with Crippen LogP contribution in [-0.2, 0) is 4.79 Å². The minimum Gasteiger partial charge on any atom is -0.478 e. The number of likely N-dealkylation sites (tertiary alicyclic amines) is 1. The van der Waals surface area contributed by atoms with Gasteiger partial charge in [-0.2, -0.15) is 0 Å². The maximum Gasteiger partial charge on any atom is 0.327 e. The molecule has 3 nitrogen and oxygen atoms in total. The predicted molar refractivity (Wildman–Crippen MR) is 51.7 cm³/mol. The summed E-state index contributed by atoms with van der Waals surface area (Å²) in [6, 6.07) is 0.665. The fourth-order valence-electron chi connectivity index (χ4n) is 1.82. The molecule has 0 radical (unpaired) electrons. The Morgan fingerprint density at radius 3 is 3.00 bits per heavy atom. The lowest BCUT2D eigenvalue weighted by atomic mass is 10.1. The lowest BCUT2D eigenvalue weighted by Gasteiger charge is -2.17. The van der Waals surface area contributed by atoms with E-state index in [1.54, 1.807) is 6.08 Å². The lowest BCUT2D eigenvalue weighted by molar-refractivity contribution is -0.131. The summed E-state index contributed by atoms with van der Waals surface area (Å²) in [5, 5.41) is 8.36. The van der Waals surface area contributed by atoms with Crippen molar-refractivity contribution in [3.63, 3.8) is 0 Å². The van der Waals surface area contributed by atoms with E-state index < -0.39 is 5.97 Å². The number of hydrogen-bond donors (Lipinski definition) is 1. The molecule has 0 bridgehead atoms. The fraction of sp³-hybridized carbons (Fsp3) is 0.700. The molecule has 13 heavy (non-hydrogen) atoms. The summed E-state index contributed by atoms with van der Waals surface area (Å²) < 4.78 is 0. The number of nitrogens with zero attached hydrogens (tertiary/aromatic N) is 1. The molecule has 0 amide bonds. The molecule has 0 aromatic rings. The first kappa shape index (κ1) is 10.3. The van der Waals surface area contributed by atoms with Gasteiger partial charge in [0.2, 0.25) is 0 Å². The van der Waals surface area contributed by atoms with Crippen molar-refractivity contribution >= 4 is 5.97 Å². The maximum absolute atomic E-state index is 10.2. The van der Waals surface area contributed by atoms with Gasteiger partial charge >= 0.3 is 5.97 Å². The summed E-state index contributed by atoms with van der Waals surface area (Å²) in [5.41, 5.74) is 0. The third kappa shape index (κ3) is 3.59. The highest BCUT2D eigenvalue weighted by molar-refractivity contribution is 5.79. The molecule has 74 valence electrons. The zero-order chi connectivity index (χ0) is 9.68. The Morgan fingerprint density at radius 2 is 2.46 bits per heavy atom. The first-order valence-corrected chi connectivity index (χ1v) is 4.80. The summed E-state index contributed by atoms with van der Waals surface area (Å²) in [5.74, 6) is -0.847. The molecule has 0 saturated carbocycles. The van der Waals surface area contributed by atoms with E-state index in [-0.39, 0.29) is 0 Å². The summed E-state index contributed by atoms with van der Waals surface area (Å²) in [6.07, 6.45) is 7.48. The number of rotatable bonds is 4. The van der Waals surface area contributed by atoms with Gasteiger partial charge in [-0.25, -0.2) is 4.79 Å². The minimum atomic E-state index is -0.847. The van der Waals surface area contributed by atoms with Crippen molar-refractivity contribution in [2.75, 3.05) is 13.6 Å². The van der Waals surface area contributed by atoms with Gasteiger partial charge in [0.15, 0.2) is 0 Å². The first-order chi connectivity index (χ1) is 6.20. The Kier molecular flexibility index (Phi) is 3.96. The fourth-order valence-corrected chi connectivity index (χ4v) is 1.82. The van der Waals surface area contributed by atoms with Crippen molar-refractivity contribution in [1.29, 1.82) is 0 Å². The standard InChI is InChI=1S/C10H17NO2/c1-11-8-4-6-9(11)5-2-3-7-10(12)13/h3,7,9H,2,4-6,8H2,1H3,(H,12,13)/b7-3+. The normalized spacial score (nSPS) is 24.2. The van der Waals surface area contributed by atoms with Crippen LogP contribution >= 0.6 is 0 Å². The number of carbonyl (C=O) groups is 1. The van der Waals surface area contributed by atoms with Crippen LogP contribution in [0.5, 0.6) is 0 Å². The molecule has 3 heteroatoms. The van der Waals surface area contributed by atoms with Crippen LogP contribution in [-0.4, -0.2) is 35.6 Å². The van der Waals surface area contributed by atoms with E-state index in [0.29, 0.717) is 6.04 Å². The monoisotopic (exact) mass is 183 g/mol. The van der Waals surface area contributed by atoms with Gasteiger partial charge in [-0.05, 0) is 39.3 Å². The third-order valence-electron chi connectivity index (χ3n) is 2.60. The molecule has 1 rings (SSSR count). The highest BCUT2D eigenvalue weighted by atomic mass is 16.4. The van der Waals surface area contributed by atoms with Crippen LogP contribution < -0.4 is 0 Å². The van der Waals surface area contributed by atoms with Crippen LogP contribution in [0.15, 0.2) is 12.2 Å². The van der Waals surface area contributed by atoms with Crippen LogP contribution in [0.4, 0.5) is 0 Å². The van der Waals surface area contributed by atoms with E-state index in [9.17, 15) is 4.79 Å². The second-order valence-corrected chi connectivity index (χ2v) is 3.59. The average Bonchev–Trinajstić information content (AvgIpc) is 2.45.